The predicted molar refractivity (Wildman–Crippen MR) is 68.5 cm³/mol. The number of rotatable bonds is 5. The average Bonchev–Trinajstić information content (AvgIpc) is 2.22. The van der Waals surface area contributed by atoms with Gasteiger partial charge in [-0.3, -0.25) is 0 Å². The molecule has 0 amide bonds. The van der Waals surface area contributed by atoms with Crippen molar-refractivity contribution in [3.63, 3.8) is 0 Å². The van der Waals surface area contributed by atoms with Crippen molar-refractivity contribution in [3.05, 3.63) is 34.9 Å². The molecule has 0 aliphatic rings. The van der Waals surface area contributed by atoms with Crippen molar-refractivity contribution in [2.24, 2.45) is 0 Å². The highest BCUT2D eigenvalue weighted by Crippen LogP contribution is 2.21. The van der Waals surface area contributed by atoms with Crippen molar-refractivity contribution in [3.8, 4) is 0 Å². The lowest BCUT2D eigenvalue weighted by Gasteiger charge is -2.12. The third-order valence-corrected chi connectivity index (χ3v) is 3.44. The van der Waals surface area contributed by atoms with Gasteiger partial charge < -0.3 is 5.11 Å². The molecular formula is C13H20OS. The van der Waals surface area contributed by atoms with Crippen molar-refractivity contribution in [1.29, 1.82) is 0 Å². The number of hydrogen-bond acceptors (Lipinski definition) is 2. The molecule has 0 radical (unpaired) electrons. The highest BCUT2D eigenvalue weighted by Gasteiger charge is 2.07. The summed E-state index contributed by atoms with van der Waals surface area (Å²) in [5.74, 6) is 1.13. The SMILES string of the molecule is CSCCCC(O)c1ccc(C)c(C)c1. The van der Waals surface area contributed by atoms with E-state index >= 15 is 0 Å². The standard InChI is InChI=1S/C13H20OS/c1-10-6-7-12(9-11(10)2)13(14)5-4-8-15-3/h6-7,9,13-14H,4-5,8H2,1-3H3. The third-order valence-electron chi connectivity index (χ3n) is 2.74. The Balaban J connectivity index is 2.57. The van der Waals surface area contributed by atoms with E-state index in [1.54, 1.807) is 0 Å². The molecule has 1 rings (SSSR count). The lowest BCUT2D eigenvalue weighted by atomic mass is 10.0. The van der Waals surface area contributed by atoms with E-state index in [4.69, 9.17) is 0 Å². The van der Waals surface area contributed by atoms with Gasteiger partial charge in [0.15, 0.2) is 0 Å². The first kappa shape index (κ1) is 12.6. The van der Waals surface area contributed by atoms with Gasteiger partial charge in [-0.25, -0.2) is 0 Å². The molecule has 0 bridgehead atoms. The van der Waals surface area contributed by atoms with Gasteiger partial charge in [-0.05, 0) is 55.4 Å². The first-order valence-electron chi connectivity index (χ1n) is 5.39. The van der Waals surface area contributed by atoms with Gasteiger partial charge in [0.05, 0.1) is 6.10 Å². The first-order chi connectivity index (χ1) is 7.15. The van der Waals surface area contributed by atoms with Crippen LogP contribution in [-0.2, 0) is 0 Å². The van der Waals surface area contributed by atoms with E-state index in [1.165, 1.54) is 11.1 Å². The Labute approximate surface area is 96.9 Å². The maximum atomic E-state index is 9.95. The largest absolute Gasteiger partial charge is 0.388 e. The first-order valence-corrected chi connectivity index (χ1v) is 6.78. The molecule has 1 aromatic rings. The molecule has 1 atom stereocenters. The van der Waals surface area contributed by atoms with E-state index in [9.17, 15) is 5.11 Å². The van der Waals surface area contributed by atoms with Crippen LogP contribution < -0.4 is 0 Å². The highest BCUT2D eigenvalue weighted by molar-refractivity contribution is 7.98. The number of thioether (sulfide) groups is 1. The smallest absolute Gasteiger partial charge is 0.0790 e. The molecule has 0 heterocycles. The van der Waals surface area contributed by atoms with Gasteiger partial charge in [0.1, 0.15) is 0 Å². The third kappa shape index (κ3) is 3.88. The minimum absolute atomic E-state index is 0.295. The van der Waals surface area contributed by atoms with E-state index < -0.39 is 0 Å². The minimum atomic E-state index is -0.295. The molecule has 1 N–H and O–H groups in total. The van der Waals surface area contributed by atoms with Crippen molar-refractivity contribution in [1.82, 2.24) is 0 Å². The minimum Gasteiger partial charge on any atom is -0.388 e. The highest BCUT2D eigenvalue weighted by atomic mass is 32.2. The summed E-state index contributed by atoms with van der Waals surface area (Å²) in [5, 5.41) is 9.95. The lowest BCUT2D eigenvalue weighted by Crippen LogP contribution is -1.99. The number of aliphatic hydroxyl groups excluding tert-OH is 1. The summed E-state index contributed by atoms with van der Waals surface area (Å²) in [4.78, 5) is 0. The molecule has 0 aromatic heterocycles. The second-order valence-electron chi connectivity index (χ2n) is 3.99. The summed E-state index contributed by atoms with van der Waals surface area (Å²) < 4.78 is 0. The molecule has 2 heteroatoms. The Morgan fingerprint density at radius 1 is 1.27 bits per heavy atom. The zero-order chi connectivity index (χ0) is 11.3. The second-order valence-corrected chi connectivity index (χ2v) is 4.98. The second kappa shape index (κ2) is 6.19. The summed E-state index contributed by atoms with van der Waals surface area (Å²) in [6.45, 7) is 4.19. The Kier molecular flexibility index (Phi) is 5.20. The molecule has 0 spiro atoms. The Morgan fingerprint density at radius 3 is 2.60 bits per heavy atom. The maximum absolute atomic E-state index is 9.95. The Morgan fingerprint density at radius 2 is 2.00 bits per heavy atom. The van der Waals surface area contributed by atoms with Gasteiger partial charge in [0.25, 0.3) is 0 Å². The maximum Gasteiger partial charge on any atom is 0.0790 e. The molecule has 0 fully saturated rings. The van der Waals surface area contributed by atoms with Gasteiger partial charge in [-0.2, -0.15) is 11.8 Å². The molecule has 1 unspecified atom stereocenters. The van der Waals surface area contributed by atoms with Crippen LogP contribution in [-0.4, -0.2) is 17.1 Å². The van der Waals surface area contributed by atoms with Crippen LogP contribution in [0.4, 0.5) is 0 Å². The zero-order valence-corrected chi connectivity index (χ0v) is 10.6. The fourth-order valence-corrected chi connectivity index (χ4v) is 2.01. The van der Waals surface area contributed by atoms with Gasteiger partial charge in [0.2, 0.25) is 0 Å². The Bertz CT molecular complexity index is 309. The van der Waals surface area contributed by atoms with Crippen LogP contribution in [0.25, 0.3) is 0 Å². The molecular weight excluding hydrogens is 204 g/mol. The van der Waals surface area contributed by atoms with Crippen molar-refractivity contribution < 1.29 is 5.11 Å². The van der Waals surface area contributed by atoms with Crippen LogP contribution in [0.2, 0.25) is 0 Å². The molecule has 1 aromatic carbocycles. The van der Waals surface area contributed by atoms with Crippen molar-refractivity contribution in [2.75, 3.05) is 12.0 Å². The van der Waals surface area contributed by atoms with Crippen LogP contribution in [0.5, 0.6) is 0 Å². The van der Waals surface area contributed by atoms with Crippen LogP contribution in [0.1, 0.15) is 35.6 Å². The fourth-order valence-electron chi connectivity index (χ4n) is 1.56. The summed E-state index contributed by atoms with van der Waals surface area (Å²) in [7, 11) is 0. The molecule has 0 saturated heterocycles. The fraction of sp³-hybridized carbons (Fsp3) is 0.538. The zero-order valence-electron chi connectivity index (χ0n) is 9.79. The molecule has 1 nitrogen and oxygen atoms in total. The molecule has 15 heavy (non-hydrogen) atoms. The van der Waals surface area contributed by atoms with Gasteiger partial charge >= 0.3 is 0 Å². The molecule has 0 aliphatic carbocycles. The van der Waals surface area contributed by atoms with Crippen LogP contribution in [0, 0.1) is 13.8 Å². The molecule has 0 saturated carbocycles. The summed E-state index contributed by atoms with van der Waals surface area (Å²) >= 11 is 1.83. The normalized spacial score (nSPS) is 12.8. The molecule has 0 aliphatic heterocycles. The van der Waals surface area contributed by atoms with E-state index in [2.05, 4.69) is 32.2 Å². The Hall–Kier alpha value is -0.470. The van der Waals surface area contributed by atoms with Crippen molar-refractivity contribution >= 4 is 11.8 Å². The van der Waals surface area contributed by atoms with Gasteiger partial charge in [-0.15, -0.1) is 0 Å². The topological polar surface area (TPSA) is 20.2 Å². The summed E-state index contributed by atoms with van der Waals surface area (Å²) in [6, 6.07) is 6.22. The van der Waals surface area contributed by atoms with E-state index in [1.807, 2.05) is 17.8 Å². The monoisotopic (exact) mass is 224 g/mol. The van der Waals surface area contributed by atoms with Crippen molar-refractivity contribution in [2.45, 2.75) is 32.8 Å². The quantitative estimate of drug-likeness (QED) is 0.773. The van der Waals surface area contributed by atoms with Gasteiger partial charge in [-0.1, -0.05) is 18.2 Å². The van der Waals surface area contributed by atoms with Crippen LogP contribution in [0.3, 0.4) is 0 Å². The van der Waals surface area contributed by atoms with E-state index in [-0.39, 0.29) is 6.10 Å². The van der Waals surface area contributed by atoms with Crippen LogP contribution >= 0.6 is 11.8 Å². The lowest BCUT2D eigenvalue weighted by molar-refractivity contribution is 0.167. The van der Waals surface area contributed by atoms with Gasteiger partial charge in [0, 0.05) is 0 Å². The number of benzene rings is 1. The number of hydrogen-bond donors (Lipinski definition) is 1. The van der Waals surface area contributed by atoms with E-state index in [0.29, 0.717) is 0 Å². The predicted octanol–water partition coefficient (Wildman–Crippen LogP) is 3.48. The summed E-state index contributed by atoms with van der Waals surface area (Å²) in [6.07, 6.45) is 3.75. The number of aryl methyl sites for hydroxylation is 2. The van der Waals surface area contributed by atoms with E-state index in [0.717, 1.165) is 24.2 Å². The number of aliphatic hydroxyl groups is 1. The summed E-state index contributed by atoms with van der Waals surface area (Å²) in [5.41, 5.74) is 3.60. The molecule has 84 valence electrons. The van der Waals surface area contributed by atoms with Crippen LogP contribution in [0.15, 0.2) is 18.2 Å². The average molecular weight is 224 g/mol.